The predicted octanol–water partition coefficient (Wildman–Crippen LogP) is 2.54. The summed E-state index contributed by atoms with van der Waals surface area (Å²) < 4.78 is 20.6. The summed E-state index contributed by atoms with van der Waals surface area (Å²) in [5.74, 6) is 0.312. The molecule has 0 aliphatic heterocycles. The molecule has 0 aliphatic carbocycles. The Morgan fingerprint density at radius 1 is 1.17 bits per heavy atom. The van der Waals surface area contributed by atoms with Crippen molar-refractivity contribution in [1.29, 1.82) is 0 Å². The molecule has 3 rings (SSSR count). The van der Waals surface area contributed by atoms with Gasteiger partial charge < -0.3 is 4.74 Å². The first-order chi connectivity index (χ1) is 8.81. The summed E-state index contributed by atoms with van der Waals surface area (Å²) in [6.45, 7) is 0. The van der Waals surface area contributed by atoms with Crippen LogP contribution < -0.4 is 4.74 Å². The van der Waals surface area contributed by atoms with Gasteiger partial charge in [-0.2, -0.15) is 5.10 Å². The van der Waals surface area contributed by atoms with Crippen molar-refractivity contribution >= 4 is 5.65 Å². The molecule has 0 N–H and O–H groups in total. The number of ether oxygens (including phenoxy) is 1. The summed E-state index contributed by atoms with van der Waals surface area (Å²) in [6.07, 6.45) is 1.42. The van der Waals surface area contributed by atoms with Gasteiger partial charge in [-0.3, -0.25) is 0 Å². The molecule has 0 spiro atoms. The molecule has 5 heteroatoms. The van der Waals surface area contributed by atoms with Crippen LogP contribution in [0, 0.1) is 5.82 Å². The molecule has 2 heterocycles. The van der Waals surface area contributed by atoms with Crippen LogP contribution in [0.5, 0.6) is 5.75 Å². The third-order valence-corrected chi connectivity index (χ3v) is 2.76. The van der Waals surface area contributed by atoms with E-state index in [4.69, 9.17) is 4.74 Å². The fourth-order valence-corrected chi connectivity index (χ4v) is 1.92. The van der Waals surface area contributed by atoms with Crippen molar-refractivity contribution in [3.05, 3.63) is 48.5 Å². The Bertz CT molecular complexity index is 708. The lowest BCUT2D eigenvalue weighted by molar-refractivity contribution is 0.416. The Labute approximate surface area is 103 Å². The highest BCUT2D eigenvalue weighted by Crippen LogP contribution is 2.26. The average molecular weight is 243 g/mol. The first-order valence-corrected chi connectivity index (χ1v) is 5.43. The van der Waals surface area contributed by atoms with Crippen molar-refractivity contribution in [1.82, 2.24) is 14.6 Å². The van der Waals surface area contributed by atoms with Gasteiger partial charge in [0.1, 0.15) is 12.1 Å². The standard InChI is InChI=1S/C13H10FN3O/c1-18-12-7-6-11(17-13(12)15-8-16-17)9-4-2-3-5-10(9)14/h2-8H,1H3. The van der Waals surface area contributed by atoms with Crippen LogP contribution in [0.4, 0.5) is 4.39 Å². The van der Waals surface area contributed by atoms with Gasteiger partial charge in [-0.1, -0.05) is 12.1 Å². The molecule has 0 unspecified atom stereocenters. The van der Waals surface area contributed by atoms with Crippen molar-refractivity contribution in [2.45, 2.75) is 0 Å². The fourth-order valence-electron chi connectivity index (χ4n) is 1.92. The fraction of sp³-hybridized carbons (Fsp3) is 0.0769. The molecule has 90 valence electrons. The summed E-state index contributed by atoms with van der Waals surface area (Å²) in [6, 6.07) is 10.1. The first-order valence-electron chi connectivity index (χ1n) is 5.43. The largest absolute Gasteiger partial charge is 0.493 e. The van der Waals surface area contributed by atoms with Gasteiger partial charge in [-0.25, -0.2) is 13.9 Å². The third kappa shape index (κ3) is 1.52. The smallest absolute Gasteiger partial charge is 0.198 e. The number of hydrogen-bond acceptors (Lipinski definition) is 3. The molecule has 1 aromatic carbocycles. The van der Waals surface area contributed by atoms with Crippen LogP contribution in [0.25, 0.3) is 16.9 Å². The van der Waals surface area contributed by atoms with Crippen LogP contribution in [-0.2, 0) is 0 Å². The number of nitrogens with zero attached hydrogens (tertiary/aromatic N) is 3. The maximum absolute atomic E-state index is 13.8. The van der Waals surface area contributed by atoms with E-state index < -0.39 is 0 Å². The number of aromatic nitrogens is 3. The molecule has 0 atom stereocenters. The molecule has 18 heavy (non-hydrogen) atoms. The SMILES string of the molecule is COc1ccc(-c2ccccc2F)n2ncnc12. The second-order valence-electron chi connectivity index (χ2n) is 3.76. The minimum atomic E-state index is -0.292. The zero-order chi connectivity index (χ0) is 12.5. The Hall–Kier alpha value is -2.43. The van der Waals surface area contributed by atoms with Crippen molar-refractivity contribution in [3.8, 4) is 17.0 Å². The van der Waals surface area contributed by atoms with E-state index in [1.165, 1.54) is 12.4 Å². The van der Waals surface area contributed by atoms with Crippen molar-refractivity contribution in [3.63, 3.8) is 0 Å². The average Bonchev–Trinajstić information content (AvgIpc) is 2.88. The number of pyridine rings is 1. The van der Waals surface area contributed by atoms with Gasteiger partial charge in [0.05, 0.1) is 12.8 Å². The summed E-state index contributed by atoms with van der Waals surface area (Å²) in [5, 5.41) is 4.10. The van der Waals surface area contributed by atoms with Crippen LogP contribution in [0.1, 0.15) is 0 Å². The molecule has 0 fully saturated rings. The van der Waals surface area contributed by atoms with Crippen LogP contribution >= 0.6 is 0 Å². The number of fused-ring (bicyclic) bond motifs is 1. The predicted molar refractivity (Wildman–Crippen MR) is 64.9 cm³/mol. The van der Waals surface area contributed by atoms with Crippen LogP contribution in [0.2, 0.25) is 0 Å². The summed E-state index contributed by atoms with van der Waals surface area (Å²) in [4.78, 5) is 4.11. The van der Waals surface area contributed by atoms with E-state index in [0.29, 0.717) is 22.7 Å². The van der Waals surface area contributed by atoms with Gasteiger partial charge in [-0.05, 0) is 24.3 Å². The number of benzene rings is 1. The molecular formula is C13H10FN3O. The van der Waals surface area contributed by atoms with E-state index in [9.17, 15) is 4.39 Å². The third-order valence-electron chi connectivity index (χ3n) is 2.76. The van der Waals surface area contributed by atoms with Crippen LogP contribution in [0.15, 0.2) is 42.7 Å². The van der Waals surface area contributed by atoms with Crippen LogP contribution in [-0.4, -0.2) is 21.7 Å². The summed E-state index contributed by atoms with van der Waals surface area (Å²) >= 11 is 0. The van der Waals surface area contributed by atoms with Gasteiger partial charge in [0, 0.05) is 5.56 Å². The molecule has 2 aromatic heterocycles. The Morgan fingerprint density at radius 2 is 2.00 bits per heavy atom. The van der Waals surface area contributed by atoms with E-state index in [-0.39, 0.29) is 5.82 Å². The van der Waals surface area contributed by atoms with Gasteiger partial charge in [-0.15, -0.1) is 0 Å². The minimum absolute atomic E-state index is 0.292. The molecule has 0 radical (unpaired) electrons. The zero-order valence-electron chi connectivity index (χ0n) is 9.67. The topological polar surface area (TPSA) is 39.4 Å². The van der Waals surface area contributed by atoms with E-state index in [2.05, 4.69) is 10.1 Å². The van der Waals surface area contributed by atoms with E-state index in [0.717, 1.165) is 0 Å². The Kier molecular flexibility index (Phi) is 2.44. The maximum atomic E-state index is 13.8. The lowest BCUT2D eigenvalue weighted by Gasteiger charge is -2.08. The summed E-state index contributed by atoms with van der Waals surface area (Å²) in [7, 11) is 1.56. The Morgan fingerprint density at radius 3 is 2.78 bits per heavy atom. The Balaban J connectivity index is 2.31. The van der Waals surface area contributed by atoms with E-state index in [1.807, 2.05) is 0 Å². The minimum Gasteiger partial charge on any atom is -0.493 e. The van der Waals surface area contributed by atoms with Gasteiger partial charge in [0.2, 0.25) is 0 Å². The van der Waals surface area contributed by atoms with Crippen molar-refractivity contribution in [2.75, 3.05) is 7.11 Å². The molecule has 0 saturated carbocycles. The molecule has 0 saturated heterocycles. The summed E-state index contributed by atoms with van der Waals surface area (Å²) in [5.41, 5.74) is 1.69. The quantitative estimate of drug-likeness (QED) is 0.694. The van der Waals surface area contributed by atoms with Crippen molar-refractivity contribution in [2.24, 2.45) is 0 Å². The lowest BCUT2D eigenvalue weighted by atomic mass is 10.1. The van der Waals surface area contributed by atoms with E-state index in [1.54, 1.807) is 42.0 Å². The number of halogens is 1. The van der Waals surface area contributed by atoms with Crippen molar-refractivity contribution < 1.29 is 9.13 Å². The number of hydrogen-bond donors (Lipinski definition) is 0. The maximum Gasteiger partial charge on any atom is 0.198 e. The highest BCUT2D eigenvalue weighted by molar-refractivity contribution is 5.67. The van der Waals surface area contributed by atoms with Gasteiger partial charge >= 0.3 is 0 Å². The second-order valence-corrected chi connectivity index (χ2v) is 3.76. The highest BCUT2D eigenvalue weighted by atomic mass is 19.1. The highest BCUT2D eigenvalue weighted by Gasteiger charge is 2.12. The normalized spacial score (nSPS) is 10.8. The zero-order valence-corrected chi connectivity index (χ0v) is 9.67. The second kappa shape index (κ2) is 4.10. The monoisotopic (exact) mass is 243 g/mol. The van der Waals surface area contributed by atoms with Crippen LogP contribution in [0.3, 0.4) is 0 Å². The van der Waals surface area contributed by atoms with E-state index >= 15 is 0 Å². The number of methoxy groups -OCH3 is 1. The molecule has 4 nitrogen and oxygen atoms in total. The molecule has 0 aliphatic rings. The van der Waals surface area contributed by atoms with Gasteiger partial charge in [0.15, 0.2) is 11.4 Å². The first kappa shape index (κ1) is 10.7. The lowest BCUT2D eigenvalue weighted by Crippen LogP contribution is -1.98. The molecule has 3 aromatic rings. The molecule has 0 amide bonds. The van der Waals surface area contributed by atoms with Gasteiger partial charge in [0.25, 0.3) is 0 Å². The molecular weight excluding hydrogens is 233 g/mol. The number of rotatable bonds is 2. The molecule has 0 bridgehead atoms.